The second kappa shape index (κ2) is 5.22. The van der Waals surface area contributed by atoms with Gasteiger partial charge >= 0.3 is 0 Å². The van der Waals surface area contributed by atoms with Gasteiger partial charge in [0.25, 0.3) is 0 Å². The minimum absolute atomic E-state index is 0.0778. The maximum atomic E-state index is 11.4. The van der Waals surface area contributed by atoms with Gasteiger partial charge in [-0.1, -0.05) is 0 Å². The van der Waals surface area contributed by atoms with Crippen molar-refractivity contribution < 1.29 is 8.42 Å². The molecule has 0 aliphatic heterocycles. The van der Waals surface area contributed by atoms with Gasteiger partial charge in [0.05, 0.1) is 11.5 Å². The average Bonchev–Trinajstić information content (AvgIpc) is 1.81. The van der Waals surface area contributed by atoms with Crippen LogP contribution in [0.2, 0.25) is 0 Å². The lowest BCUT2D eigenvalue weighted by Crippen LogP contribution is -2.40. The van der Waals surface area contributed by atoms with Gasteiger partial charge in [0.15, 0.2) is 9.84 Å². The van der Waals surface area contributed by atoms with E-state index in [0.717, 1.165) is 12.2 Å². The van der Waals surface area contributed by atoms with Gasteiger partial charge in [0.2, 0.25) is 0 Å². The maximum absolute atomic E-state index is 11.4. The Labute approximate surface area is 85.4 Å². The lowest BCUT2D eigenvalue weighted by atomic mass is 10.1. The van der Waals surface area contributed by atoms with Crippen molar-refractivity contribution in [2.75, 3.05) is 23.5 Å². The van der Waals surface area contributed by atoms with Crippen molar-refractivity contribution in [1.82, 2.24) is 0 Å². The molecule has 3 nitrogen and oxygen atoms in total. The molecular weight excluding hydrogens is 206 g/mol. The summed E-state index contributed by atoms with van der Waals surface area (Å²) < 4.78 is 22.9. The van der Waals surface area contributed by atoms with Crippen molar-refractivity contribution >= 4 is 21.6 Å². The maximum Gasteiger partial charge on any atom is 0.152 e. The molecular formula is C8H19NO2S2. The Kier molecular flexibility index (Phi) is 5.32. The van der Waals surface area contributed by atoms with Crippen LogP contribution in [0.1, 0.15) is 20.3 Å². The molecule has 0 aliphatic carbocycles. The molecule has 0 radical (unpaired) electrons. The molecule has 0 saturated heterocycles. The first kappa shape index (κ1) is 13.3. The van der Waals surface area contributed by atoms with Crippen molar-refractivity contribution in [3.63, 3.8) is 0 Å². The summed E-state index contributed by atoms with van der Waals surface area (Å²) in [7, 11) is -2.95. The fourth-order valence-corrected chi connectivity index (χ4v) is 3.54. The molecule has 13 heavy (non-hydrogen) atoms. The number of hydrogen-bond acceptors (Lipinski definition) is 4. The summed E-state index contributed by atoms with van der Waals surface area (Å²) >= 11 is 1.66. The van der Waals surface area contributed by atoms with Crippen LogP contribution in [0.5, 0.6) is 0 Å². The van der Waals surface area contributed by atoms with Gasteiger partial charge in [-0.3, -0.25) is 0 Å². The Balaban J connectivity index is 3.96. The Morgan fingerprint density at radius 3 is 2.31 bits per heavy atom. The third-order valence-corrected chi connectivity index (χ3v) is 4.19. The van der Waals surface area contributed by atoms with Crippen LogP contribution < -0.4 is 5.73 Å². The van der Waals surface area contributed by atoms with Crippen LogP contribution in [-0.4, -0.2) is 37.5 Å². The van der Waals surface area contributed by atoms with Crippen LogP contribution in [0.3, 0.4) is 0 Å². The predicted octanol–water partition coefficient (Wildman–Crippen LogP) is 0.892. The second-order valence-corrected chi connectivity index (χ2v) is 7.10. The summed E-state index contributed by atoms with van der Waals surface area (Å²) in [5.74, 6) is 1.23. The van der Waals surface area contributed by atoms with E-state index in [1.165, 1.54) is 0 Å². The van der Waals surface area contributed by atoms with Gasteiger partial charge in [-0.05, 0) is 32.3 Å². The minimum Gasteiger partial charge on any atom is -0.325 e. The molecule has 0 fully saturated rings. The third kappa shape index (κ3) is 8.59. The molecule has 0 saturated carbocycles. The van der Waals surface area contributed by atoms with Crippen molar-refractivity contribution in [2.45, 2.75) is 25.8 Å². The lowest BCUT2D eigenvalue weighted by Gasteiger charge is -2.17. The Bertz CT molecular complexity index is 229. The smallest absolute Gasteiger partial charge is 0.152 e. The fourth-order valence-electron chi connectivity index (χ4n) is 1.06. The summed E-state index contributed by atoms with van der Waals surface area (Å²) in [6.07, 6.45) is 2.69. The van der Waals surface area contributed by atoms with E-state index in [4.69, 9.17) is 5.73 Å². The highest BCUT2D eigenvalue weighted by molar-refractivity contribution is 7.98. The molecule has 0 spiro atoms. The molecule has 0 unspecified atom stereocenters. The topological polar surface area (TPSA) is 60.2 Å². The van der Waals surface area contributed by atoms with Gasteiger partial charge < -0.3 is 5.73 Å². The first-order valence-corrected chi connectivity index (χ1v) is 7.47. The molecule has 0 aromatic heterocycles. The van der Waals surface area contributed by atoms with Crippen LogP contribution in [0.15, 0.2) is 0 Å². The number of rotatable bonds is 6. The third-order valence-electron chi connectivity index (χ3n) is 1.40. The Hall–Kier alpha value is 0.260. The van der Waals surface area contributed by atoms with Gasteiger partial charge in [0, 0.05) is 5.54 Å². The van der Waals surface area contributed by atoms with E-state index in [9.17, 15) is 8.42 Å². The van der Waals surface area contributed by atoms with E-state index >= 15 is 0 Å². The summed E-state index contributed by atoms with van der Waals surface area (Å²) in [5, 5.41) is 0. The molecule has 0 amide bonds. The standard InChI is InChI=1S/C8H19NO2S2/c1-8(2,9)7-13(10,11)6-4-5-12-3/h4-7,9H2,1-3H3. The molecule has 0 atom stereocenters. The first-order valence-electron chi connectivity index (χ1n) is 4.25. The van der Waals surface area contributed by atoms with E-state index in [-0.39, 0.29) is 11.5 Å². The van der Waals surface area contributed by atoms with Gasteiger partial charge in [-0.25, -0.2) is 8.42 Å². The van der Waals surface area contributed by atoms with Crippen molar-refractivity contribution in [3.05, 3.63) is 0 Å². The fraction of sp³-hybridized carbons (Fsp3) is 1.00. The SMILES string of the molecule is CSCCCS(=O)(=O)CC(C)(C)N. The zero-order valence-corrected chi connectivity index (χ0v) is 10.2. The molecule has 0 aromatic rings. The van der Waals surface area contributed by atoms with Crippen LogP contribution in [0.25, 0.3) is 0 Å². The number of nitrogens with two attached hydrogens (primary N) is 1. The molecule has 2 N–H and O–H groups in total. The molecule has 0 bridgehead atoms. The van der Waals surface area contributed by atoms with E-state index in [2.05, 4.69) is 0 Å². The summed E-state index contributed by atoms with van der Waals surface area (Å²) in [6, 6.07) is 0. The minimum atomic E-state index is -2.95. The lowest BCUT2D eigenvalue weighted by molar-refractivity contribution is 0.544. The molecule has 0 heterocycles. The summed E-state index contributed by atoms with van der Waals surface area (Å²) in [6.45, 7) is 3.47. The molecule has 0 aromatic carbocycles. The van der Waals surface area contributed by atoms with Gasteiger partial charge in [0.1, 0.15) is 0 Å². The number of thioether (sulfide) groups is 1. The van der Waals surface area contributed by atoms with Crippen LogP contribution in [0, 0.1) is 0 Å². The van der Waals surface area contributed by atoms with Crippen LogP contribution in [0.4, 0.5) is 0 Å². The van der Waals surface area contributed by atoms with Crippen molar-refractivity contribution in [1.29, 1.82) is 0 Å². The predicted molar refractivity (Wildman–Crippen MR) is 59.9 cm³/mol. The van der Waals surface area contributed by atoms with E-state index in [1.807, 2.05) is 6.26 Å². The second-order valence-electron chi connectivity index (χ2n) is 3.93. The molecule has 5 heteroatoms. The number of hydrogen-bond donors (Lipinski definition) is 1. The highest BCUT2D eigenvalue weighted by Crippen LogP contribution is 2.06. The van der Waals surface area contributed by atoms with Crippen LogP contribution in [-0.2, 0) is 9.84 Å². The van der Waals surface area contributed by atoms with E-state index in [1.54, 1.807) is 25.6 Å². The zero-order chi connectivity index (χ0) is 10.5. The van der Waals surface area contributed by atoms with Crippen molar-refractivity contribution in [3.8, 4) is 0 Å². The van der Waals surface area contributed by atoms with Gasteiger partial charge in [-0.2, -0.15) is 11.8 Å². The number of sulfone groups is 1. The normalized spacial score (nSPS) is 13.2. The molecule has 80 valence electrons. The zero-order valence-electron chi connectivity index (χ0n) is 8.54. The van der Waals surface area contributed by atoms with Crippen molar-refractivity contribution in [2.24, 2.45) is 5.73 Å². The van der Waals surface area contributed by atoms with Crippen LogP contribution >= 0.6 is 11.8 Å². The highest BCUT2D eigenvalue weighted by atomic mass is 32.2. The summed E-state index contributed by atoms with van der Waals surface area (Å²) in [5.41, 5.74) is 5.03. The quantitative estimate of drug-likeness (QED) is 0.682. The Morgan fingerprint density at radius 1 is 1.38 bits per heavy atom. The monoisotopic (exact) mass is 225 g/mol. The first-order chi connectivity index (χ1) is 5.77. The van der Waals surface area contributed by atoms with E-state index in [0.29, 0.717) is 0 Å². The molecule has 0 rings (SSSR count). The summed E-state index contributed by atoms with van der Waals surface area (Å²) in [4.78, 5) is 0. The van der Waals surface area contributed by atoms with E-state index < -0.39 is 15.4 Å². The Morgan fingerprint density at radius 2 is 1.92 bits per heavy atom. The highest BCUT2D eigenvalue weighted by Gasteiger charge is 2.21. The largest absolute Gasteiger partial charge is 0.325 e. The average molecular weight is 225 g/mol. The van der Waals surface area contributed by atoms with Gasteiger partial charge in [-0.15, -0.1) is 0 Å². The molecule has 0 aliphatic rings.